The van der Waals surface area contributed by atoms with Gasteiger partial charge in [0.25, 0.3) is 0 Å². The summed E-state index contributed by atoms with van der Waals surface area (Å²) in [6.45, 7) is 1.32. The van der Waals surface area contributed by atoms with E-state index in [2.05, 4.69) is 35.2 Å². The molecule has 0 spiro atoms. The summed E-state index contributed by atoms with van der Waals surface area (Å²) in [6.07, 6.45) is 15.1. The number of carbonyl (C=O) groups is 1. The van der Waals surface area contributed by atoms with Crippen LogP contribution in [0, 0.1) is 0 Å². The summed E-state index contributed by atoms with van der Waals surface area (Å²) < 4.78 is 0. The van der Waals surface area contributed by atoms with Gasteiger partial charge in [-0.2, -0.15) is 0 Å². The highest BCUT2D eigenvalue weighted by Crippen LogP contribution is 2.30. The first kappa shape index (κ1) is 17.8. The van der Waals surface area contributed by atoms with E-state index in [0.29, 0.717) is 18.3 Å². The van der Waals surface area contributed by atoms with E-state index in [4.69, 9.17) is 0 Å². The van der Waals surface area contributed by atoms with Gasteiger partial charge in [0, 0.05) is 49.9 Å². The molecule has 1 saturated heterocycles. The zero-order chi connectivity index (χ0) is 19.2. The van der Waals surface area contributed by atoms with Gasteiger partial charge in [-0.25, -0.2) is 19.9 Å². The minimum atomic E-state index is -0.0240. The van der Waals surface area contributed by atoms with Gasteiger partial charge in [0.1, 0.15) is 0 Å². The van der Waals surface area contributed by atoms with Crippen molar-refractivity contribution in [2.24, 2.45) is 0 Å². The van der Waals surface area contributed by atoms with Crippen molar-refractivity contribution in [1.82, 2.24) is 34.8 Å². The molecule has 4 rings (SSSR count). The number of carbonyl (C=O) groups excluding carboxylic acids is 1. The molecule has 28 heavy (non-hydrogen) atoms. The number of hydrogen-bond donors (Lipinski definition) is 2. The van der Waals surface area contributed by atoms with Crippen molar-refractivity contribution < 1.29 is 4.79 Å². The van der Waals surface area contributed by atoms with Crippen LogP contribution in [0.1, 0.15) is 30.1 Å². The number of anilines is 2. The molecule has 9 heteroatoms. The van der Waals surface area contributed by atoms with Crippen LogP contribution in [0.2, 0.25) is 0 Å². The monoisotopic (exact) mass is 376 g/mol. The lowest BCUT2D eigenvalue weighted by molar-refractivity contribution is -0.127. The zero-order valence-corrected chi connectivity index (χ0v) is 15.2. The van der Waals surface area contributed by atoms with Crippen LogP contribution in [-0.4, -0.2) is 53.8 Å². The normalized spacial score (nSPS) is 17.0. The minimum Gasteiger partial charge on any atom is -0.345 e. The van der Waals surface area contributed by atoms with E-state index in [0.717, 1.165) is 30.8 Å². The molecule has 3 aromatic heterocycles. The molecule has 1 atom stereocenters. The Hall–Kier alpha value is -3.62. The fourth-order valence-corrected chi connectivity index (χ4v) is 3.24. The third-order valence-electron chi connectivity index (χ3n) is 4.57. The fourth-order valence-electron chi connectivity index (χ4n) is 3.24. The maximum absolute atomic E-state index is 12.6. The number of likely N-dealkylation sites (tertiary alicyclic amines) is 1. The number of aromatic nitrogens is 6. The molecule has 0 bridgehead atoms. The number of amides is 1. The van der Waals surface area contributed by atoms with Gasteiger partial charge < -0.3 is 15.2 Å². The lowest BCUT2D eigenvalue weighted by Gasteiger charge is -2.32. The molecular weight excluding hydrogens is 356 g/mol. The van der Waals surface area contributed by atoms with Crippen LogP contribution in [0.4, 0.5) is 11.8 Å². The van der Waals surface area contributed by atoms with E-state index < -0.39 is 0 Å². The number of imidazole rings is 1. The van der Waals surface area contributed by atoms with Crippen molar-refractivity contribution in [2.45, 2.75) is 18.8 Å². The minimum absolute atomic E-state index is 0.0240. The van der Waals surface area contributed by atoms with Crippen LogP contribution in [0.3, 0.4) is 0 Å². The second-order valence-electron chi connectivity index (χ2n) is 6.45. The summed E-state index contributed by atoms with van der Waals surface area (Å²) in [5.74, 6) is 1.17. The standard InChI is InChI=1S/C19H20N8O/c28-16(5-4-15-11-20-13-25-15)27-10-1-3-14(12-27)17-18(22-9-8-21-17)26-19-23-6-2-7-24-19/h2,4-9,11,13-14H,1,3,10,12H2,(H,20,25)(H,22,23,24,26)/b5-4+. The quantitative estimate of drug-likeness (QED) is 0.656. The van der Waals surface area contributed by atoms with Gasteiger partial charge >= 0.3 is 0 Å². The summed E-state index contributed by atoms with van der Waals surface area (Å²) in [7, 11) is 0. The van der Waals surface area contributed by atoms with Crippen LogP contribution in [-0.2, 0) is 4.79 Å². The maximum atomic E-state index is 12.6. The molecule has 0 aromatic carbocycles. The van der Waals surface area contributed by atoms with Gasteiger partial charge in [-0.05, 0) is 25.0 Å². The van der Waals surface area contributed by atoms with Crippen LogP contribution in [0.25, 0.3) is 6.08 Å². The van der Waals surface area contributed by atoms with Crippen molar-refractivity contribution in [3.05, 3.63) is 60.8 Å². The van der Waals surface area contributed by atoms with Crippen LogP contribution >= 0.6 is 0 Å². The lowest BCUT2D eigenvalue weighted by Crippen LogP contribution is -2.38. The van der Waals surface area contributed by atoms with Gasteiger partial charge in [-0.15, -0.1) is 0 Å². The Balaban J connectivity index is 1.48. The Kier molecular flexibility index (Phi) is 5.32. The van der Waals surface area contributed by atoms with Crippen LogP contribution < -0.4 is 5.32 Å². The number of hydrogen-bond acceptors (Lipinski definition) is 7. The van der Waals surface area contributed by atoms with Crippen molar-refractivity contribution in [2.75, 3.05) is 18.4 Å². The number of nitrogens with zero attached hydrogens (tertiary/aromatic N) is 6. The third kappa shape index (κ3) is 4.20. The predicted molar refractivity (Wildman–Crippen MR) is 104 cm³/mol. The number of nitrogens with one attached hydrogen (secondary N) is 2. The molecular formula is C19H20N8O. The van der Waals surface area contributed by atoms with Gasteiger partial charge in [0.05, 0.1) is 23.9 Å². The van der Waals surface area contributed by atoms with E-state index >= 15 is 0 Å². The Morgan fingerprint density at radius 1 is 1.18 bits per heavy atom. The van der Waals surface area contributed by atoms with Gasteiger partial charge in [-0.1, -0.05) is 0 Å². The number of aromatic amines is 1. The molecule has 0 saturated carbocycles. The third-order valence-corrected chi connectivity index (χ3v) is 4.57. The molecule has 0 aliphatic carbocycles. The van der Waals surface area contributed by atoms with Crippen molar-refractivity contribution in [3.8, 4) is 0 Å². The van der Waals surface area contributed by atoms with Crippen molar-refractivity contribution >= 4 is 23.7 Å². The second kappa shape index (κ2) is 8.38. The Morgan fingerprint density at radius 3 is 2.86 bits per heavy atom. The van der Waals surface area contributed by atoms with E-state index in [-0.39, 0.29) is 11.8 Å². The molecule has 1 unspecified atom stereocenters. The SMILES string of the molecule is O=C(/C=C/c1cnc[nH]1)N1CCCC(c2nccnc2Nc2ncccn2)C1. The van der Waals surface area contributed by atoms with E-state index in [1.807, 2.05) is 4.90 Å². The molecule has 9 nitrogen and oxygen atoms in total. The molecule has 4 heterocycles. The lowest BCUT2D eigenvalue weighted by atomic mass is 9.94. The largest absolute Gasteiger partial charge is 0.345 e. The van der Waals surface area contributed by atoms with Crippen molar-refractivity contribution in [1.29, 1.82) is 0 Å². The van der Waals surface area contributed by atoms with Gasteiger partial charge in [0.15, 0.2) is 5.82 Å². The van der Waals surface area contributed by atoms with Crippen LogP contribution in [0.5, 0.6) is 0 Å². The van der Waals surface area contributed by atoms with Gasteiger partial charge in [-0.3, -0.25) is 9.78 Å². The van der Waals surface area contributed by atoms with E-state index in [1.54, 1.807) is 55.5 Å². The summed E-state index contributed by atoms with van der Waals surface area (Å²) in [4.78, 5) is 38.6. The Morgan fingerprint density at radius 2 is 2.04 bits per heavy atom. The number of rotatable bonds is 5. The van der Waals surface area contributed by atoms with Crippen molar-refractivity contribution in [3.63, 3.8) is 0 Å². The van der Waals surface area contributed by atoms with Gasteiger partial charge in [0.2, 0.25) is 11.9 Å². The molecule has 1 aliphatic heterocycles. The number of H-pyrrole nitrogens is 1. The fraction of sp³-hybridized carbons (Fsp3) is 0.263. The molecule has 1 amide bonds. The summed E-state index contributed by atoms with van der Waals surface area (Å²) >= 11 is 0. The molecule has 1 fully saturated rings. The second-order valence-corrected chi connectivity index (χ2v) is 6.45. The maximum Gasteiger partial charge on any atom is 0.246 e. The van der Waals surface area contributed by atoms with Crippen LogP contribution in [0.15, 0.2) is 49.5 Å². The molecule has 1 aliphatic rings. The predicted octanol–water partition coefficient (Wildman–Crippen LogP) is 2.15. The highest BCUT2D eigenvalue weighted by molar-refractivity contribution is 5.91. The molecule has 0 radical (unpaired) electrons. The van der Waals surface area contributed by atoms with E-state index in [1.165, 1.54) is 0 Å². The first-order chi connectivity index (χ1) is 13.8. The highest BCUT2D eigenvalue weighted by Gasteiger charge is 2.27. The molecule has 142 valence electrons. The highest BCUT2D eigenvalue weighted by atomic mass is 16.2. The summed E-state index contributed by atoms with van der Waals surface area (Å²) in [5, 5.41) is 3.13. The molecule has 2 N–H and O–H groups in total. The first-order valence-corrected chi connectivity index (χ1v) is 9.10. The topological polar surface area (TPSA) is 113 Å². The average Bonchev–Trinajstić information content (AvgIpc) is 3.27. The molecule has 3 aromatic rings. The van der Waals surface area contributed by atoms with E-state index in [9.17, 15) is 4.79 Å². The number of piperidine rings is 1. The summed E-state index contributed by atoms with van der Waals surface area (Å²) in [5.41, 5.74) is 1.62. The zero-order valence-electron chi connectivity index (χ0n) is 15.2. The summed E-state index contributed by atoms with van der Waals surface area (Å²) in [6, 6.07) is 1.75. The Labute approximate surface area is 162 Å². The first-order valence-electron chi connectivity index (χ1n) is 9.10. The Bertz CT molecular complexity index is 942. The smallest absolute Gasteiger partial charge is 0.246 e. The average molecular weight is 376 g/mol.